The fraction of sp³-hybridized carbons (Fsp3) is 0.562. The molecule has 1 aliphatic heterocycles. The average molecular weight is 276 g/mol. The van der Waals surface area contributed by atoms with Crippen molar-refractivity contribution in [3.05, 3.63) is 35.9 Å². The van der Waals surface area contributed by atoms with Crippen molar-refractivity contribution in [1.82, 2.24) is 9.80 Å². The van der Waals surface area contributed by atoms with Gasteiger partial charge < -0.3 is 5.11 Å². The topological polar surface area (TPSA) is 43.8 Å². The Hall–Kier alpha value is -1.39. The van der Waals surface area contributed by atoms with Gasteiger partial charge >= 0.3 is 5.97 Å². The van der Waals surface area contributed by atoms with Crippen LogP contribution in [0.1, 0.15) is 25.5 Å². The van der Waals surface area contributed by atoms with Crippen molar-refractivity contribution in [3.63, 3.8) is 0 Å². The quantitative estimate of drug-likeness (QED) is 0.894. The van der Waals surface area contributed by atoms with Gasteiger partial charge in [0, 0.05) is 32.2 Å². The zero-order valence-electron chi connectivity index (χ0n) is 12.3. The van der Waals surface area contributed by atoms with Gasteiger partial charge in [-0.05, 0) is 11.5 Å². The van der Waals surface area contributed by atoms with Crippen molar-refractivity contribution < 1.29 is 9.90 Å². The predicted octanol–water partition coefficient (Wildman–Crippen LogP) is 2.09. The molecule has 1 aromatic rings. The minimum Gasteiger partial charge on any atom is -0.480 e. The lowest BCUT2D eigenvalue weighted by Crippen LogP contribution is -2.49. The third-order valence-corrected chi connectivity index (χ3v) is 3.93. The third kappa shape index (κ3) is 3.81. The Labute approximate surface area is 121 Å². The van der Waals surface area contributed by atoms with Gasteiger partial charge in [-0.3, -0.25) is 14.6 Å². The van der Waals surface area contributed by atoms with Crippen LogP contribution >= 0.6 is 0 Å². The SMILES string of the molecule is CC(C)C(c1ccccc1)N1CCN(CC(=O)O)CC1. The van der Waals surface area contributed by atoms with Crippen LogP contribution in [-0.4, -0.2) is 53.6 Å². The van der Waals surface area contributed by atoms with Gasteiger partial charge in [0.1, 0.15) is 0 Å². The Kier molecular flexibility index (Phi) is 5.15. The number of hydrogen-bond donors (Lipinski definition) is 1. The first-order valence-electron chi connectivity index (χ1n) is 7.31. The maximum absolute atomic E-state index is 10.8. The molecule has 1 atom stereocenters. The summed E-state index contributed by atoms with van der Waals surface area (Å²) in [5.74, 6) is -0.189. The zero-order chi connectivity index (χ0) is 14.5. The molecule has 1 fully saturated rings. The second-order valence-corrected chi connectivity index (χ2v) is 5.81. The van der Waals surface area contributed by atoms with Gasteiger partial charge in [-0.2, -0.15) is 0 Å². The fourth-order valence-corrected chi connectivity index (χ4v) is 3.06. The minimum atomic E-state index is -0.734. The highest BCUT2D eigenvalue weighted by Crippen LogP contribution is 2.29. The molecule has 1 N–H and O–H groups in total. The highest BCUT2D eigenvalue weighted by atomic mass is 16.4. The van der Waals surface area contributed by atoms with Gasteiger partial charge in [0.2, 0.25) is 0 Å². The number of piperazine rings is 1. The molecule has 0 saturated carbocycles. The highest BCUT2D eigenvalue weighted by Gasteiger charge is 2.27. The summed E-state index contributed by atoms with van der Waals surface area (Å²) < 4.78 is 0. The third-order valence-electron chi connectivity index (χ3n) is 3.93. The van der Waals surface area contributed by atoms with E-state index in [1.165, 1.54) is 5.56 Å². The van der Waals surface area contributed by atoms with E-state index in [-0.39, 0.29) is 6.54 Å². The standard InChI is InChI=1S/C16H24N2O2/c1-13(2)16(14-6-4-3-5-7-14)18-10-8-17(9-11-18)12-15(19)20/h3-7,13,16H,8-12H2,1-2H3,(H,19,20). The molecule has 1 aromatic carbocycles. The van der Waals surface area contributed by atoms with Crippen LogP contribution in [-0.2, 0) is 4.79 Å². The van der Waals surface area contributed by atoms with E-state index < -0.39 is 5.97 Å². The van der Waals surface area contributed by atoms with Gasteiger partial charge in [0.05, 0.1) is 6.54 Å². The number of nitrogens with zero attached hydrogens (tertiary/aromatic N) is 2. The molecule has 1 aliphatic rings. The summed E-state index contributed by atoms with van der Waals surface area (Å²) in [6, 6.07) is 11.0. The summed E-state index contributed by atoms with van der Waals surface area (Å²) in [6.07, 6.45) is 0. The summed E-state index contributed by atoms with van der Waals surface area (Å²) in [5, 5.41) is 8.85. The summed E-state index contributed by atoms with van der Waals surface area (Å²) in [4.78, 5) is 15.3. The number of benzene rings is 1. The van der Waals surface area contributed by atoms with Gasteiger partial charge in [-0.25, -0.2) is 0 Å². The maximum Gasteiger partial charge on any atom is 0.317 e. The lowest BCUT2D eigenvalue weighted by Gasteiger charge is -2.40. The van der Waals surface area contributed by atoms with E-state index in [9.17, 15) is 4.79 Å². The second kappa shape index (κ2) is 6.86. The monoisotopic (exact) mass is 276 g/mol. The number of rotatable bonds is 5. The van der Waals surface area contributed by atoms with Crippen LogP contribution in [0.2, 0.25) is 0 Å². The molecule has 1 saturated heterocycles. The molecule has 0 amide bonds. The molecule has 1 unspecified atom stereocenters. The van der Waals surface area contributed by atoms with Crippen molar-refractivity contribution in [3.8, 4) is 0 Å². The van der Waals surface area contributed by atoms with Crippen LogP contribution in [0, 0.1) is 5.92 Å². The predicted molar refractivity (Wildman–Crippen MR) is 79.7 cm³/mol. The van der Waals surface area contributed by atoms with Crippen molar-refractivity contribution in [2.24, 2.45) is 5.92 Å². The molecule has 20 heavy (non-hydrogen) atoms. The summed E-state index contributed by atoms with van der Waals surface area (Å²) in [7, 11) is 0. The number of carboxylic acids is 1. The van der Waals surface area contributed by atoms with Gasteiger partial charge in [-0.15, -0.1) is 0 Å². The molecule has 4 heteroatoms. The largest absolute Gasteiger partial charge is 0.480 e. The van der Waals surface area contributed by atoms with Crippen LogP contribution < -0.4 is 0 Å². The molecule has 0 radical (unpaired) electrons. The molecule has 1 heterocycles. The Morgan fingerprint density at radius 2 is 1.75 bits per heavy atom. The highest BCUT2D eigenvalue weighted by molar-refractivity contribution is 5.69. The van der Waals surface area contributed by atoms with E-state index in [0.29, 0.717) is 12.0 Å². The van der Waals surface area contributed by atoms with E-state index in [1.807, 2.05) is 11.0 Å². The van der Waals surface area contributed by atoms with Gasteiger partial charge in [0.15, 0.2) is 0 Å². The summed E-state index contributed by atoms with van der Waals surface area (Å²) in [6.45, 7) is 8.20. The zero-order valence-corrected chi connectivity index (χ0v) is 12.3. The molecule has 0 aliphatic carbocycles. The molecule has 110 valence electrons. The number of carboxylic acid groups (broad SMARTS) is 1. The molecule has 0 aromatic heterocycles. The average Bonchev–Trinajstić information content (AvgIpc) is 2.41. The smallest absolute Gasteiger partial charge is 0.317 e. The van der Waals surface area contributed by atoms with E-state index in [2.05, 4.69) is 43.0 Å². The Morgan fingerprint density at radius 3 is 2.25 bits per heavy atom. The van der Waals surface area contributed by atoms with E-state index >= 15 is 0 Å². The number of aliphatic carboxylic acids is 1. The lowest BCUT2D eigenvalue weighted by atomic mass is 9.94. The number of hydrogen-bond acceptors (Lipinski definition) is 3. The Morgan fingerprint density at radius 1 is 1.15 bits per heavy atom. The molecular formula is C16H24N2O2. The molecule has 0 spiro atoms. The maximum atomic E-state index is 10.8. The normalized spacial score (nSPS) is 19.1. The Balaban J connectivity index is 2.01. The van der Waals surface area contributed by atoms with Crippen molar-refractivity contribution in [2.75, 3.05) is 32.7 Å². The lowest BCUT2D eigenvalue weighted by molar-refractivity contribution is -0.138. The van der Waals surface area contributed by atoms with Crippen LogP contribution in [0.15, 0.2) is 30.3 Å². The molecule has 2 rings (SSSR count). The van der Waals surface area contributed by atoms with E-state index in [0.717, 1.165) is 26.2 Å². The van der Waals surface area contributed by atoms with E-state index in [1.54, 1.807) is 0 Å². The van der Waals surface area contributed by atoms with Crippen LogP contribution in [0.5, 0.6) is 0 Å². The Bertz CT molecular complexity index is 425. The molecular weight excluding hydrogens is 252 g/mol. The van der Waals surface area contributed by atoms with Crippen LogP contribution in [0.4, 0.5) is 0 Å². The van der Waals surface area contributed by atoms with Crippen molar-refractivity contribution >= 4 is 5.97 Å². The van der Waals surface area contributed by atoms with Crippen LogP contribution in [0.25, 0.3) is 0 Å². The first-order valence-corrected chi connectivity index (χ1v) is 7.31. The fourth-order valence-electron chi connectivity index (χ4n) is 3.06. The first-order chi connectivity index (χ1) is 9.58. The summed E-state index contributed by atoms with van der Waals surface area (Å²) in [5.41, 5.74) is 1.36. The van der Waals surface area contributed by atoms with Crippen molar-refractivity contribution in [2.45, 2.75) is 19.9 Å². The van der Waals surface area contributed by atoms with Gasteiger partial charge in [-0.1, -0.05) is 44.2 Å². The number of carbonyl (C=O) groups is 1. The van der Waals surface area contributed by atoms with Crippen molar-refractivity contribution in [1.29, 1.82) is 0 Å². The molecule has 0 bridgehead atoms. The second-order valence-electron chi connectivity index (χ2n) is 5.81. The summed E-state index contributed by atoms with van der Waals surface area (Å²) >= 11 is 0. The molecule has 4 nitrogen and oxygen atoms in total. The minimum absolute atomic E-state index is 0.158. The van der Waals surface area contributed by atoms with E-state index in [4.69, 9.17) is 5.11 Å². The van der Waals surface area contributed by atoms with Crippen LogP contribution in [0.3, 0.4) is 0 Å². The van der Waals surface area contributed by atoms with Gasteiger partial charge in [0.25, 0.3) is 0 Å². The first kappa shape index (κ1) is 15.0.